The van der Waals surface area contributed by atoms with E-state index < -0.39 is 5.97 Å². The van der Waals surface area contributed by atoms with E-state index in [2.05, 4.69) is 11.4 Å². The molecule has 1 amide bonds. The molecule has 0 fully saturated rings. The van der Waals surface area contributed by atoms with E-state index in [-0.39, 0.29) is 22.2 Å². The van der Waals surface area contributed by atoms with Crippen LogP contribution in [0, 0.1) is 11.3 Å². The van der Waals surface area contributed by atoms with E-state index in [1.165, 1.54) is 23.9 Å². The summed E-state index contributed by atoms with van der Waals surface area (Å²) in [5.74, 6) is -0.510. The third-order valence-electron chi connectivity index (χ3n) is 3.07. The molecule has 122 valence electrons. The van der Waals surface area contributed by atoms with E-state index in [0.717, 1.165) is 5.56 Å². The summed E-state index contributed by atoms with van der Waals surface area (Å²) in [6, 6.07) is 13.5. The summed E-state index contributed by atoms with van der Waals surface area (Å²) >= 11 is 7.21. The van der Waals surface area contributed by atoms with Gasteiger partial charge < -0.3 is 10.4 Å². The number of hydrogen-bond donors (Lipinski definition) is 2. The van der Waals surface area contributed by atoms with Crippen molar-refractivity contribution in [1.82, 2.24) is 0 Å². The molecule has 0 heterocycles. The van der Waals surface area contributed by atoms with Crippen molar-refractivity contribution in [2.75, 3.05) is 11.1 Å². The van der Waals surface area contributed by atoms with Crippen molar-refractivity contribution in [3.8, 4) is 6.07 Å². The molecule has 24 heavy (non-hydrogen) atoms. The average molecular weight is 361 g/mol. The van der Waals surface area contributed by atoms with Crippen LogP contribution in [0.15, 0.2) is 42.5 Å². The first kappa shape index (κ1) is 17.9. The second-order valence-electron chi connectivity index (χ2n) is 4.85. The lowest BCUT2D eigenvalue weighted by atomic mass is 10.2. The van der Waals surface area contributed by atoms with Gasteiger partial charge in [-0.25, -0.2) is 4.79 Å². The SMILES string of the molecule is N#Cc1ccc(CSCC(=O)Nc2ccc(Cl)c(C(=O)O)c2)cc1. The summed E-state index contributed by atoms with van der Waals surface area (Å²) in [7, 11) is 0. The number of halogens is 1. The number of nitriles is 1. The minimum absolute atomic E-state index is 0.0558. The third-order valence-corrected chi connectivity index (χ3v) is 4.40. The lowest BCUT2D eigenvalue weighted by Gasteiger charge is -2.07. The molecule has 0 aromatic heterocycles. The Bertz CT molecular complexity index is 800. The van der Waals surface area contributed by atoms with E-state index in [9.17, 15) is 9.59 Å². The highest BCUT2D eigenvalue weighted by molar-refractivity contribution is 7.99. The average Bonchev–Trinajstić information content (AvgIpc) is 2.57. The largest absolute Gasteiger partial charge is 0.478 e. The Kier molecular flexibility index (Phi) is 6.24. The molecule has 0 atom stereocenters. The zero-order valence-electron chi connectivity index (χ0n) is 12.5. The van der Waals surface area contributed by atoms with Gasteiger partial charge in [-0.2, -0.15) is 5.26 Å². The Labute approximate surface area is 148 Å². The summed E-state index contributed by atoms with van der Waals surface area (Å²) in [6.07, 6.45) is 0. The number of aromatic carboxylic acids is 1. The minimum atomic E-state index is -1.15. The molecule has 0 saturated heterocycles. The molecule has 0 radical (unpaired) electrons. The number of nitrogens with zero attached hydrogens (tertiary/aromatic N) is 1. The number of carbonyl (C=O) groups is 2. The number of thioether (sulfide) groups is 1. The molecular formula is C17H13ClN2O3S. The summed E-state index contributed by atoms with van der Waals surface area (Å²) < 4.78 is 0. The maximum atomic E-state index is 11.9. The van der Waals surface area contributed by atoms with Crippen molar-refractivity contribution < 1.29 is 14.7 Å². The number of benzene rings is 2. The topological polar surface area (TPSA) is 90.2 Å². The van der Waals surface area contributed by atoms with Gasteiger partial charge in [-0.15, -0.1) is 11.8 Å². The Balaban J connectivity index is 1.86. The molecule has 0 bridgehead atoms. The Morgan fingerprint density at radius 3 is 2.54 bits per heavy atom. The van der Waals surface area contributed by atoms with Crippen molar-refractivity contribution in [2.24, 2.45) is 0 Å². The monoisotopic (exact) mass is 360 g/mol. The Hall–Kier alpha value is -2.49. The fourth-order valence-corrected chi connectivity index (χ4v) is 2.89. The van der Waals surface area contributed by atoms with Crippen molar-refractivity contribution in [3.05, 3.63) is 64.2 Å². The Morgan fingerprint density at radius 2 is 1.92 bits per heavy atom. The van der Waals surface area contributed by atoms with Gasteiger partial charge in [0.05, 0.1) is 28.0 Å². The van der Waals surface area contributed by atoms with Gasteiger partial charge in [0.2, 0.25) is 5.91 Å². The van der Waals surface area contributed by atoms with Crippen molar-refractivity contribution in [2.45, 2.75) is 5.75 Å². The number of carboxylic acids is 1. The molecule has 2 N–H and O–H groups in total. The molecule has 0 aliphatic rings. The highest BCUT2D eigenvalue weighted by atomic mass is 35.5. The van der Waals surface area contributed by atoms with Crippen LogP contribution in [0.4, 0.5) is 5.69 Å². The Morgan fingerprint density at radius 1 is 1.21 bits per heavy atom. The van der Waals surface area contributed by atoms with Gasteiger partial charge in [0.15, 0.2) is 0 Å². The third kappa shape index (κ3) is 5.01. The zero-order chi connectivity index (χ0) is 17.5. The second-order valence-corrected chi connectivity index (χ2v) is 6.24. The maximum absolute atomic E-state index is 11.9. The number of amides is 1. The lowest BCUT2D eigenvalue weighted by molar-refractivity contribution is -0.113. The number of anilines is 1. The fourth-order valence-electron chi connectivity index (χ4n) is 1.90. The van der Waals surface area contributed by atoms with Crippen LogP contribution in [0.1, 0.15) is 21.5 Å². The van der Waals surface area contributed by atoms with E-state index >= 15 is 0 Å². The van der Waals surface area contributed by atoms with Crippen LogP contribution in [-0.4, -0.2) is 22.7 Å². The van der Waals surface area contributed by atoms with Crippen LogP contribution in [0.2, 0.25) is 5.02 Å². The summed E-state index contributed by atoms with van der Waals surface area (Å²) in [5, 5.41) is 20.5. The highest BCUT2D eigenvalue weighted by Crippen LogP contribution is 2.21. The number of nitrogens with one attached hydrogen (secondary N) is 1. The summed E-state index contributed by atoms with van der Waals surface area (Å²) in [6.45, 7) is 0. The van der Waals surface area contributed by atoms with E-state index in [1.54, 1.807) is 18.2 Å². The van der Waals surface area contributed by atoms with Gasteiger partial charge in [0, 0.05) is 11.4 Å². The molecule has 0 spiro atoms. The first-order valence-electron chi connectivity index (χ1n) is 6.89. The van der Waals surface area contributed by atoms with Crippen LogP contribution < -0.4 is 5.32 Å². The van der Waals surface area contributed by atoms with Crippen LogP contribution in [0.3, 0.4) is 0 Å². The molecule has 0 unspecified atom stereocenters. The van der Waals surface area contributed by atoms with Gasteiger partial charge in [0.1, 0.15) is 0 Å². The molecule has 2 aromatic carbocycles. The zero-order valence-corrected chi connectivity index (χ0v) is 14.0. The van der Waals surface area contributed by atoms with Crippen molar-refractivity contribution in [3.63, 3.8) is 0 Å². The standard InChI is InChI=1S/C17H13ClN2O3S/c18-15-6-5-13(7-14(15)17(22)23)20-16(21)10-24-9-12-3-1-11(8-19)2-4-12/h1-7H,9-10H2,(H,20,21)(H,22,23). The smallest absolute Gasteiger partial charge is 0.337 e. The number of hydrogen-bond acceptors (Lipinski definition) is 4. The molecule has 2 rings (SSSR count). The van der Waals surface area contributed by atoms with Gasteiger partial charge in [-0.1, -0.05) is 23.7 Å². The molecular weight excluding hydrogens is 348 g/mol. The van der Waals surface area contributed by atoms with Gasteiger partial charge in [-0.3, -0.25) is 4.79 Å². The first-order chi connectivity index (χ1) is 11.5. The molecule has 0 saturated carbocycles. The molecule has 7 heteroatoms. The lowest BCUT2D eigenvalue weighted by Crippen LogP contribution is -2.14. The summed E-state index contributed by atoms with van der Waals surface area (Å²) in [5.41, 5.74) is 1.95. The van der Waals surface area contributed by atoms with Gasteiger partial charge >= 0.3 is 5.97 Å². The quantitative estimate of drug-likeness (QED) is 0.818. The normalized spacial score (nSPS) is 10.0. The highest BCUT2D eigenvalue weighted by Gasteiger charge is 2.11. The number of carboxylic acid groups (broad SMARTS) is 1. The molecule has 0 aliphatic carbocycles. The van der Waals surface area contributed by atoms with Crippen LogP contribution in [-0.2, 0) is 10.5 Å². The molecule has 0 aliphatic heterocycles. The first-order valence-corrected chi connectivity index (χ1v) is 8.42. The van der Waals surface area contributed by atoms with Crippen molar-refractivity contribution in [1.29, 1.82) is 5.26 Å². The minimum Gasteiger partial charge on any atom is -0.478 e. The number of rotatable bonds is 6. The predicted octanol–water partition coefficient (Wildman–Crippen LogP) is 3.78. The van der Waals surface area contributed by atoms with E-state index in [4.69, 9.17) is 22.0 Å². The second kappa shape index (κ2) is 8.39. The van der Waals surface area contributed by atoms with Crippen molar-refractivity contribution >= 4 is 40.9 Å². The summed E-state index contributed by atoms with van der Waals surface area (Å²) in [4.78, 5) is 22.9. The van der Waals surface area contributed by atoms with E-state index in [0.29, 0.717) is 17.0 Å². The fraction of sp³-hybridized carbons (Fsp3) is 0.118. The van der Waals surface area contributed by atoms with Crippen LogP contribution >= 0.6 is 23.4 Å². The van der Waals surface area contributed by atoms with Gasteiger partial charge in [-0.05, 0) is 35.9 Å². The molecule has 2 aromatic rings. The number of carbonyl (C=O) groups excluding carboxylic acids is 1. The van der Waals surface area contributed by atoms with Gasteiger partial charge in [0.25, 0.3) is 0 Å². The van der Waals surface area contributed by atoms with Crippen LogP contribution in [0.25, 0.3) is 0 Å². The van der Waals surface area contributed by atoms with E-state index in [1.807, 2.05) is 12.1 Å². The van der Waals surface area contributed by atoms with Crippen LogP contribution in [0.5, 0.6) is 0 Å². The molecule has 5 nitrogen and oxygen atoms in total. The predicted molar refractivity (Wildman–Crippen MR) is 94.4 cm³/mol. The maximum Gasteiger partial charge on any atom is 0.337 e.